The Morgan fingerprint density at radius 1 is 1.31 bits per heavy atom. The van der Waals surface area contributed by atoms with Crippen LogP contribution in [0.1, 0.15) is 71.6 Å². The Labute approximate surface area is 157 Å². The molecule has 1 aliphatic rings. The number of carbonyl (C=O) groups is 2. The molecule has 0 aromatic heterocycles. The number of amides is 1. The lowest BCUT2D eigenvalue weighted by atomic mass is 9.99. The van der Waals surface area contributed by atoms with Crippen LogP contribution in [0.2, 0.25) is 0 Å². The van der Waals surface area contributed by atoms with E-state index in [1.165, 1.54) is 0 Å². The predicted octanol–water partition coefficient (Wildman–Crippen LogP) is 3.37. The summed E-state index contributed by atoms with van der Waals surface area (Å²) in [5.74, 6) is 5.87. The standard InChI is InChI=1S/C21H33NO4/c1-17(2)9-7-11-19(23)15-14-18-10-8-12-20(24)22(18)16-6-4-3-5-13-21(25)26/h14-15,17-19,23H,3,5,7-13,16H2,1-2H3,(H,25,26)/b15-14+/t18-,19?/m1/s1. The van der Waals surface area contributed by atoms with Gasteiger partial charge in [0.15, 0.2) is 0 Å². The summed E-state index contributed by atoms with van der Waals surface area (Å²) in [6, 6.07) is -0.00989. The lowest BCUT2D eigenvalue weighted by Crippen LogP contribution is -2.42. The third-order valence-corrected chi connectivity index (χ3v) is 4.51. The van der Waals surface area contributed by atoms with Crippen LogP contribution in [0.15, 0.2) is 12.2 Å². The van der Waals surface area contributed by atoms with Gasteiger partial charge in [0.2, 0.25) is 5.91 Å². The van der Waals surface area contributed by atoms with Gasteiger partial charge in [0.1, 0.15) is 0 Å². The van der Waals surface area contributed by atoms with E-state index in [9.17, 15) is 14.7 Å². The van der Waals surface area contributed by atoms with Crippen LogP contribution in [0.3, 0.4) is 0 Å². The van der Waals surface area contributed by atoms with Crippen molar-refractivity contribution in [1.29, 1.82) is 0 Å². The average molecular weight is 363 g/mol. The number of aliphatic carboxylic acids is 1. The summed E-state index contributed by atoms with van der Waals surface area (Å²) < 4.78 is 0. The number of carboxylic acid groups (broad SMARTS) is 1. The number of piperidine rings is 1. The predicted molar refractivity (Wildman–Crippen MR) is 102 cm³/mol. The Morgan fingerprint density at radius 3 is 2.77 bits per heavy atom. The van der Waals surface area contributed by atoms with Crippen LogP contribution in [0.5, 0.6) is 0 Å². The van der Waals surface area contributed by atoms with E-state index in [1.807, 2.05) is 12.2 Å². The summed E-state index contributed by atoms with van der Waals surface area (Å²) in [6.45, 7) is 4.72. The van der Waals surface area contributed by atoms with Gasteiger partial charge in [-0.05, 0) is 31.6 Å². The zero-order valence-electron chi connectivity index (χ0n) is 16.1. The molecule has 146 valence electrons. The van der Waals surface area contributed by atoms with Crippen LogP contribution in [0, 0.1) is 17.8 Å². The van der Waals surface area contributed by atoms with Gasteiger partial charge in [-0.15, -0.1) is 5.92 Å². The van der Waals surface area contributed by atoms with Crippen molar-refractivity contribution in [2.75, 3.05) is 6.54 Å². The maximum atomic E-state index is 12.2. The molecule has 0 aromatic rings. The number of nitrogens with zero attached hydrogens (tertiary/aromatic N) is 1. The molecular weight excluding hydrogens is 330 g/mol. The lowest BCUT2D eigenvalue weighted by Gasteiger charge is -2.32. The van der Waals surface area contributed by atoms with E-state index in [1.54, 1.807) is 4.90 Å². The van der Waals surface area contributed by atoms with E-state index in [-0.39, 0.29) is 18.4 Å². The number of carboxylic acids is 1. The van der Waals surface area contributed by atoms with Crippen molar-refractivity contribution in [3.63, 3.8) is 0 Å². The molecule has 1 heterocycles. The minimum Gasteiger partial charge on any atom is -0.481 e. The molecule has 1 unspecified atom stereocenters. The smallest absolute Gasteiger partial charge is 0.303 e. The van der Waals surface area contributed by atoms with Gasteiger partial charge in [-0.3, -0.25) is 9.59 Å². The highest BCUT2D eigenvalue weighted by Crippen LogP contribution is 2.19. The number of aliphatic hydroxyl groups is 1. The van der Waals surface area contributed by atoms with Crippen LogP contribution in [0.4, 0.5) is 0 Å². The summed E-state index contributed by atoms with van der Waals surface area (Å²) in [5.41, 5.74) is 0. The van der Waals surface area contributed by atoms with Crippen molar-refractivity contribution >= 4 is 11.9 Å². The number of rotatable bonds is 10. The Hall–Kier alpha value is -1.80. The summed E-state index contributed by atoms with van der Waals surface area (Å²) in [5, 5.41) is 18.7. The molecule has 0 aromatic carbocycles. The Balaban J connectivity index is 2.48. The Morgan fingerprint density at radius 2 is 2.08 bits per heavy atom. The van der Waals surface area contributed by atoms with Crippen LogP contribution >= 0.6 is 0 Å². The van der Waals surface area contributed by atoms with Gasteiger partial charge in [0.05, 0.1) is 18.7 Å². The monoisotopic (exact) mass is 363 g/mol. The molecule has 1 fully saturated rings. The summed E-state index contributed by atoms with van der Waals surface area (Å²) in [7, 11) is 0. The first kappa shape index (κ1) is 22.2. The van der Waals surface area contributed by atoms with E-state index >= 15 is 0 Å². The van der Waals surface area contributed by atoms with Crippen molar-refractivity contribution in [1.82, 2.24) is 4.90 Å². The topological polar surface area (TPSA) is 77.8 Å². The second kappa shape index (κ2) is 12.5. The highest BCUT2D eigenvalue weighted by molar-refractivity contribution is 5.77. The SMILES string of the molecule is CC(C)CCCC(O)/C=C/[C@H]1CCCC(=O)N1CC#CCCCC(=O)O. The van der Waals surface area contributed by atoms with Crippen LogP contribution in [-0.4, -0.2) is 45.7 Å². The molecule has 2 atom stereocenters. The van der Waals surface area contributed by atoms with E-state index in [2.05, 4.69) is 25.7 Å². The highest BCUT2D eigenvalue weighted by atomic mass is 16.4. The van der Waals surface area contributed by atoms with E-state index < -0.39 is 12.1 Å². The first-order valence-electron chi connectivity index (χ1n) is 9.73. The quantitative estimate of drug-likeness (QED) is 0.354. The average Bonchev–Trinajstić information content (AvgIpc) is 2.57. The van der Waals surface area contributed by atoms with Crippen molar-refractivity contribution in [2.24, 2.45) is 5.92 Å². The fraction of sp³-hybridized carbons (Fsp3) is 0.714. The number of hydrogen-bond donors (Lipinski definition) is 2. The molecule has 0 bridgehead atoms. The minimum atomic E-state index is -0.810. The number of carbonyl (C=O) groups excluding carboxylic acids is 1. The normalized spacial score (nSPS) is 18.8. The van der Waals surface area contributed by atoms with Gasteiger partial charge >= 0.3 is 5.97 Å². The van der Waals surface area contributed by atoms with Crippen LogP contribution in [-0.2, 0) is 9.59 Å². The van der Waals surface area contributed by atoms with Gasteiger partial charge < -0.3 is 15.1 Å². The molecule has 0 saturated carbocycles. The highest BCUT2D eigenvalue weighted by Gasteiger charge is 2.25. The van der Waals surface area contributed by atoms with Gasteiger partial charge in [0.25, 0.3) is 0 Å². The molecule has 2 N–H and O–H groups in total. The first-order chi connectivity index (χ1) is 12.4. The summed E-state index contributed by atoms with van der Waals surface area (Å²) in [4.78, 5) is 24.4. The Kier molecular flexibility index (Phi) is 10.7. The second-order valence-electron chi connectivity index (χ2n) is 7.36. The summed E-state index contributed by atoms with van der Waals surface area (Å²) >= 11 is 0. The van der Waals surface area contributed by atoms with E-state index in [0.717, 1.165) is 32.1 Å². The van der Waals surface area contributed by atoms with Crippen LogP contribution in [0.25, 0.3) is 0 Å². The lowest BCUT2D eigenvalue weighted by molar-refractivity contribution is -0.137. The molecule has 1 saturated heterocycles. The van der Waals surface area contributed by atoms with E-state index in [4.69, 9.17) is 5.11 Å². The van der Waals surface area contributed by atoms with Crippen molar-refractivity contribution in [3.8, 4) is 11.8 Å². The number of hydrogen-bond acceptors (Lipinski definition) is 3. The maximum Gasteiger partial charge on any atom is 0.303 e. The van der Waals surface area contributed by atoms with E-state index in [0.29, 0.717) is 31.7 Å². The zero-order chi connectivity index (χ0) is 19.4. The summed E-state index contributed by atoms with van der Waals surface area (Å²) in [6.07, 6.45) is 9.63. The molecule has 1 rings (SSSR count). The largest absolute Gasteiger partial charge is 0.481 e. The van der Waals surface area contributed by atoms with Crippen molar-refractivity contribution < 1.29 is 19.8 Å². The molecule has 0 aliphatic carbocycles. The molecule has 0 radical (unpaired) electrons. The number of likely N-dealkylation sites (tertiary alicyclic amines) is 1. The first-order valence-corrected chi connectivity index (χ1v) is 9.73. The molecule has 1 amide bonds. The maximum absolute atomic E-state index is 12.2. The molecule has 0 spiro atoms. The fourth-order valence-corrected chi connectivity index (χ4v) is 3.00. The third-order valence-electron chi connectivity index (χ3n) is 4.51. The fourth-order valence-electron chi connectivity index (χ4n) is 3.00. The van der Waals surface area contributed by atoms with Gasteiger partial charge in [-0.1, -0.05) is 44.8 Å². The number of aliphatic hydroxyl groups excluding tert-OH is 1. The van der Waals surface area contributed by atoms with Gasteiger partial charge in [-0.25, -0.2) is 0 Å². The Bertz CT molecular complexity index is 530. The van der Waals surface area contributed by atoms with Crippen molar-refractivity contribution in [2.45, 2.75) is 83.8 Å². The second-order valence-corrected chi connectivity index (χ2v) is 7.36. The molecular formula is C21H33NO4. The zero-order valence-corrected chi connectivity index (χ0v) is 16.1. The molecule has 5 heteroatoms. The van der Waals surface area contributed by atoms with Crippen LogP contribution < -0.4 is 0 Å². The third kappa shape index (κ3) is 9.62. The molecule has 5 nitrogen and oxygen atoms in total. The van der Waals surface area contributed by atoms with Gasteiger partial charge in [0, 0.05) is 19.3 Å². The number of unbranched alkanes of at least 4 members (excludes halogenated alkanes) is 1. The molecule has 1 aliphatic heterocycles. The molecule has 26 heavy (non-hydrogen) atoms. The van der Waals surface area contributed by atoms with Crippen molar-refractivity contribution in [3.05, 3.63) is 12.2 Å². The van der Waals surface area contributed by atoms with Gasteiger partial charge in [-0.2, -0.15) is 0 Å². The minimum absolute atomic E-state index is 0.00989.